The maximum atomic E-state index is 11.8. The van der Waals surface area contributed by atoms with Crippen LogP contribution in [0, 0.1) is 0 Å². The molecule has 6 nitrogen and oxygen atoms in total. The SMILES string of the molecule is COc1ccc(NC(C)=O)cc1CNC(=O)Oc1ccccc1. The van der Waals surface area contributed by atoms with Crippen LogP contribution in [0.5, 0.6) is 11.5 Å². The average Bonchev–Trinajstić information content (AvgIpc) is 2.53. The molecule has 0 saturated heterocycles. The van der Waals surface area contributed by atoms with Crippen molar-refractivity contribution in [1.82, 2.24) is 5.32 Å². The van der Waals surface area contributed by atoms with Gasteiger partial charge in [0.15, 0.2) is 0 Å². The third-order valence-corrected chi connectivity index (χ3v) is 2.98. The van der Waals surface area contributed by atoms with Crippen LogP contribution in [0.3, 0.4) is 0 Å². The molecule has 2 N–H and O–H groups in total. The van der Waals surface area contributed by atoms with E-state index in [-0.39, 0.29) is 12.5 Å². The third kappa shape index (κ3) is 5.03. The molecule has 0 aromatic heterocycles. The van der Waals surface area contributed by atoms with Crippen molar-refractivity contribution in [2.24, 2.45) is 0 Å². The number of methoxy groups -OCH3 is 1. The predicted molar refractivity (Wildman–Crippen MR) is 86.6 cm³/mol. The highest BCUT2D eigenvalue weighted by atomic mass is 16.6. The number of ether oxygens (including phenoxy) is 2. The normalized spacial score (nSPS) is 9.83. The zero-order chi connectivity index (χ0) is 16.7. The quantitative estimate of drug-likeness (QED) is 0.889. The molecule has 6 heteroatoms. The molecule has 2 aromatic carbocycles. The van der Waals surface area contributed by atoms with Crippen LogP contribution in [0.25, 0.3) is 0 Å². The summed E-state index contributed by atoms with van der Waals surface area (Å²) >= 11 is 0. The lowest BCUT2D eigenvalue weighted by Crippen LogP contribution is -2.26. The Hall–Kier alpha value is -3.02. The zero-order valence-corrected chi connectivity index (χ0v) is 13.0. The van der Waals surface area contributed by atoms with Gasteiger partial charge in [0.05, 0.1) is 7.11 Å². The maximum absolute atomic E-state index is 11.8. The van der Waals surface area contributed by atoms with Crippen molar-refractivity contribution in [2.75, 3.05) is 12.4 Å². The first kappa shape index (κ1) is 16.4. The number of nitrogens with one attached hydrogen (secondary N) is 2. The van der Waals surface area contributed by atoms with E-state index in [9.17, 15) is 9.59 Å². The fourth-order valence-electron chi connectivity index (χ4n) is 2.00. The van der Waals surface area contributed by atoms with E-state index in [2.05, 4.69) is 10.6 Å². The summed E-state index contributed by atoms with van der Waals surface area (Å²) in [6, 6.07) is 14.0. The molecule has 0 heterocycles. The van der Waals surface area contributed by atoms with Gasteiger partial charge in [-0.05, 0) is 30.3 Å². The lowest BCUT2D eigenvalue weighted by Gasteiger charge is -2.12. The number of hydrogen-bond acceptors (Lipinski definition) is 4. The number of anilines is 1. The van der Waals surface area contributed by atoms with Gasteiger partial charge in [-0.1, -0.05) is 18.2 Å². The van der Waals surface area contributed by atoms with Crippen LogP contribution in [0.1, 0.15) is 12.5 Å². The average molecular weight is 314 g/mol. The fourth-order valence-corrected chi connectivity index (χ4v) is 2.00. The van der Waals surface area contributed by atoms with Crippen molar-refractivity contribution in [3.63, 3.8) is 0 Å². The highest BCUT2D eigenvalue weighted by Gasteiger charge is 2.09. The number of hydrogen-bond donors (Lipinski definition) is 2. The molecular formula is C17H18N2O4. The van der Waals surface area contributed by atoms with Crippen LogP contribution in [-0.2, 0) is 11.3 Å². The van der Waals surface area contributed by atoms with E-state index in [4.69, 9.17) is 9.47 Å². The summed E-state index contributed by atoms with van der Waals surface area (Å²) < 4.78 is 10.4. The molecule has 2 amide bonds. The van der Waals surface area contributed by atoms with Gasteiger partial charge in [0.25, 0.3) is 0 Å². The van der Waals surface area contributed by atoms with Gasteiger partial charge in [-0.3, -0.25) is 4.79 Å². The van der Waals surface area contributed by atoms with Crippen LogP contribution in [0.15, 0.2) is 48.5 Å². The molecule has 23 heavy (non-hydrogen) atoms. The first-order chi connectivity index (χ1) is 11.1. The van der Waals surface area contributed by atoms with E-state index in [1.807, 2.05) is 6.07 Å². The van der Waals surface area contributed by atoms with Crippen molar-refractivity contribution >= 4 is 17.7 Å². The number of carbonyl (C=O) groups excluding carboxylic acids is 2. The van der Waals surface area contributed by atoms with E-state index in [0.29, 0.717) is 17.2 Å². The minimum absolute atomic E-state index is 0.169. The van der Waals surface area contributed by atoms with Gasteiger partial charge in [-0.15, -0.1) is 0 Å². The van der Waals surface area contributed by atoms with Gasteiger partial charge in [0.2, 0.25) is 5.91 Å². The molecule has 2 rings (SSSR count). The lowest BCUT2D eigenvalue weighted by molar-refractivity contribution is -0.114. The standard InChI is InChI=1S/C17H18N2O4/c1-12(20)19-14-8-9-16(22-2)13(10-14)11-18-17(21)23-15-6-4-3-5-7-15/h3-10H,11H2,1-2H3,(H,18,21)(H,19,20). The van der Waals surface area contributed by atoms with E-state index in [1.54, 1.807) is 49.6 Å². The molecule has 0 fully saturated rings. The van der Waals surface area contributed by atoms with Gasteiger partial charge in [0.1, 0.15) is 11.5 Å². The summed E-state index contributed by atoms with van der Waals surface area (Å²) in [6.07, 6.45) is -0.566. The Balaban J connectivity index is 2.00. The van der Waals surface area contributed by atoms with Gasteiger partial charge in [-0.25, -0.2) is 4.79 Å². The highest BCUT2D eigenvalue weighted by Crippen LogP contribution is 2.22. The molecule has 0 spiro atoms. The van der Waals surface area contributed by atoms with Crippen molar-refractivity contribution in [3.05, 3.63) is 54.1 Å². The van der Waals surface area contributed by atoms with E-state index in [0.717, 1.165) is 5.56 Å². The summed E-state index contributed by atoms with van der Waals surface area (Å²) in [5.74, 6) is 0.903. The molecule has 0 unspecified atom stereocenters. The Kier molecular flexibility index (Phi) is 5.57. The number of benzene rings is 2. The second-order valence-corrected chi connectivity index (χ2v) is 4.76. The molecule has 0 aliphatic heterocycles. The Morgan fingerprint density at radius 1 is 1.09 bits per heavy atom. The van der Waals surface area contributed by atoms with E-state index >= 15 is 0 Å². The summed E-state index contributed by atoms with van der Waals surface area (Å²) in [5.41, 5.74) is 1.36. The summed E-state index contributed by atoms with van der Waals surface area (Å²) in [4.78, 5) is 22.9. The smallest absolute Gasteiger partial charge is 0.412 e. The van der Waals surface area contributed by atoms with Gasteiger partial charge in [-0.2, -0.15) is 0 Å². The van der Waals surface area contributed by atoms with Crippen LogP contribution in [0.4, 0.5) is 10.5 Å². The van der Waals surface area contributed by atoms with Crippen LogP contribution in [0.2, 0.25) is 0 Å². The molecule has 2 aromatic rings. The molecule has 0 saturated carbocycles. The molecule has 0 atom stereocenters. The first-order valence-corrected chi connectivity index (χ1v) is 7.03. The van der Waals surface area contributed by atoms with Crippen LogP contribution < -0.4 is 20.1 Å². The van der Waals surface area contributed by atoms with Gasteiger partial charge < -0.3 is 20.1 Å². The van der Waals surface area contributed by atoms with Crippen LogP contribution in [-0.4, -0.2) is 19.1 Å². The summed E-state index contributed by atoms with van der Waals surface area (Å²) in [7, 11) is 1.54. The van der Waals surface area contributed by atoms with Crippen molar-refractivity contribution in [2.45, 2.75) is 13.5 Å². The Labute approximate surface area is 134 Å². The van der Waals surface area contributed by atoms with Crippen molar-refractivity contribution in [3.8, 4) is 11.5 Å². The molecule has 0 aliphatic carbocycles. The highest BCUT2D eigenvalue weighted by molar-refractivity contribution is 5.88. The molecular weight excluding hydrogens is 296 g/mol. The van der Waals surface area contributed by atoms with Crippen LogP contribution >= 0.6 is 0 Å². The summed E-state index contributed by atoms with van der Waals surface area (Å²) in [6.45, 7) is 1.64. The Morgan fingerprint density at radius 3 is 2.48 bits per heavy atom. The number of rotatable bonds is 5. The lowest BCUT2D eigenvalue weighted by atomic mass is 10.1. The maximum Gasteiger partial charge on any atom is 0.412 e. The minimum atomic E-state index is -0.566. The van der Waals surface area contributed by atoms with Gasteiger partial charge >= 0.3 is 6.09 Å². The van der Waals surface area contributed by atoms with Crippen molar-refractivity contribution < 1.29 is 19.1 Å². The molecule has 120 valence electrons. The Bertz CT molecular complexity index is 686. The topological polar surface area (TPSA) is 76.7 Å². The van der Waals surface area contributed by atoms with E-state index < -0.39 is 6.09 Å². The van der Waals surface area contributed by atoms with Gasteiger partial charge in [0, 0.05) is 24.7 Å². The number of amides is 2. The molecule has 0 aliphatic rings. The minimum Gasteiger partial charge on any atom is -0.496 e. The monoisotopic (exact) mass is 314 g/mol. The summed E-state index contributed by atoms with van der Waals surface area (Å²) in [5, 5.41) is 5.33. The second-order valence-electron chi connectivity index (χ2n) is 4.76. The zero-order valence-electron chi connectivity index (χ0n) is 13.0. The first-order valence-electron chi connectivity index (χ1n) is 7.03. The fraction of sp³-hybridized carbons (Fsp3) is 0.176. The molecule has 0 radical (unpaired) electrons. The number of para-hydroxylation sites is 1. The number of carbonyl (C=O) groups is 2. The van der Waals surface area contributed by atoms with E-state index in [1.165, 1.54) is 6.92 Å². The Morgan fingerprint density at radius 2 is 1.83 bits per heavy atom. The third-order valence-electron chi connectivity index (χ3n) is 2.98. The largest absolute Gasteiger partial charge is 0.496 e. The second kappa shape index (κ2) is 7.84. The van der Waals surface area contributed by atoms with Crippen molar-refractivity contribution in [1.29, 1.82) is 0 Å². The molecule has 0 bridgehead atoms. The predicted octanol–water partition coefficient (Wildman–Crippen LogP) is 2.94.